The molecule has 3 N–H and O–H groups in total. The summed E-state index contributed by atoms with van der Waals surface area (Å²) in [6.45, 7) is 0.907. The van der Waals surface area contributed by atoms with E-state index in [1.807, 2.05) is 30.3 Å². The molecule has 1 saturated heterocycles. The van der Waals surface area contributed by atoms with Crippen molar-refractivity contribution in [2.24, 2.45) is 0 Å². The van der Waals surface area contributed by atoms with E-state index in [-0.39, 0.29) is 11.3 Å². The second kappa shape index (κ2) is 8.64. The summed E-state index contributed by atoms with van der Waals surface area (Å²) in [7, 11) is 0. The van der Waals surface area contributed by atoms with E-state index in [9.17, 15) is 24.3 Å². The summed E-state index contributed by atoms with van der Waals surface area (Å²) in [5, 5.41) is 12.4. The van der Waals surface area contributed by atoms with Crippen LogP contribution >= 0.6 is 0 Å². The molecule has 0 unspecified atom stereocenters. The first-order chi connectivity index (χ1) is 14.3. The van der Waals surface area contributed by atoms with Gasteiger partial charge in [-0.1, -0.05) is 30.3 Å². The van der Waals surface area contributed by atoms with Crippen LogP contribution < -0.4 is 10.7 Å². The van der Waals surface area contributed by atoms with Crippen molar-refractivity contribution in [3.05, 3.63) is 65.7 Å². The summed E-state index contributed by atoms with van der Waals surface area (Å²) in [6.07, 6.45) is 0.916. The summed E-state index contributed by atoms with van der Waals surface area (Å²) in [5.74, 6) is -2.23. The number of nitrogens with zero attached hydrogens (tertiary/aromatic N) is 1. The van der Waals surface area contributed by atoms with E-state index in [1.165, 1.54) is 24.3 Å². The molecule has 1 fully saturated rings. The number of urea groups is 1. The minimum absolute atomic E-state index is 0.0156. The number of amides is 4. The summed E-state index contributed by atoms with van der Waals surface area (Å²) in [4.78, 5) is 48.8. The van der Waals surface area contributed by atoms with Crippen LogP contribution in [0.15, 0.2) is 54.6 Å². The topological polar surface area (TPSA) is 125 Å². The van der Waals surface area contributed by atoms with Crippen LogP contribution in [0.4, 0.5) is 4.79 Å². The highest BCUT2D eigenvalue weighted by Gasteiger charge is 2.48. The average molecular weight is 411 g/mol. The van der Waals surface area contributed by atoms with Gasteiger partial charge >= 0.3 is 12.0 Å². The smallest absolute Gasteiger partial charge is 0.344 e. The van der Waals surface area contributed by atoms with E-state index in [1.54, 1.807) is 6.92 Å². The van der Waals surface area contributed by atoms with Gasteiger partial charge in [-0.3, -0.25) is 15.0 Å². The quantitative estimate of drug-likeness (QED) is 0.469. The first kappa shape index (κ1) is 20.8. The van der Waals surface area contributed by atoms with Crippen LogP contribution in [0.25, 0.3) is 0 Å². The van der Waals surface area contributed by atoms with Gasteiger partial charge in [0.15, 0.2) is 6.61 Å². The van der Waals surface area contributed by atoms with E-state index in [4.69, 9.17) is 4.74 Å². The Morgan fingerprint density at radius 2 is 1.77 bits per heavy atom. The third-order valence-electron chi connectivity index (χ3n) is 4.69. The predicted octanol–water partition coefficient (Wildman–Crippen LogP) is 1.52. The molecule has 30 heavy (non-hydrogen) atoms. The maximum Gasteiger partial charge on any atom is 0.344 e. The van der Waals surface area contributed by atoms with Crippen LogP contribution in [0, 0.1) is 0 Å². The van der Waals surface area contributed by atoms with Crippen molar-refractivity contribution >= 4 is 23.8 Å². The fraction of sp³-hybridized carbons (Fsp3) is 0.238. The molecule has 4 amide bonds. The van der Waals surface area contributed by atoms with E-state index in [2.05, 4.69) is 10.7 Å². The molecule has 0 aliphatic carbocycles. The number of hydrazine groups is 1. The zero-order valence-corrected chi connectivity index (χ0v) is 16.3. The fourth-order valence-electron chi connectivity index (χ4n) is 2.96. The molecular weight excluding hydrogens is 390 g/mol. The van der Waals surface area contributed by atoms with Crippen LogP contribution in [-0.2, 0) is 20.7 Å². The molecule has 0 aromatic heterocycles. The zero-order valence-electron chi connectivity index (χ0n) is 16.3. The number of hydrogen-bond acceptors (Lipinski definition) is 6. The van der Waals surface area contributed by atoms with Gasteiger partial charge < -0.3 is 15.2 Å². The maximum atomic E-state index is 12.7. The van der Waals surface area contributed by atoms with Gasteiger partial charge in [-0.25, -0.2) is 9.59 Å². The molecule has 2 aromatic carbocycles. The van der Waals surface area contributed by atoms with Gasteiger partial charge in [0.2, 0.25) is 0 Å². The number of imide groups is 1. The molecule has 3 rings (SSSR count). The number of rotatable bonds is 7. The van der Waals surface area contributed by atoms with Gasteiger partial charge in [-0.05, 0) is 49.6 Å². The Morgan fingerprint density at radius 3 is 2.43 bits per heavy atom. The van der Waals surface area contributed by atoms with Crippen LogP contribution in [0.1, 0.15) is 29.3 Å². The highest BCUT2D eigenvalue weighted by Crippen LogP contribution is 2.22. The second-order valence-electron chi connectivity index (χ2n) is 7.05. The van der Waals surface area contributed by atoms with Gasteiger partial charge in [0, 0.05) is 0 Å². The van der Waals surface area contributed by atoms with E-state index in [0.29, 0.717) is 17.9 Å². The van der Waals surface area contributed by atoms with Crippen LogP contribution in [0.3, 0.4) is 0 Å². The lowest BCUT2D eigenvalue weighted by Gasteiger charge is -2.21. The Hall–Kier alpha value is -3.88. The number of phenolic OH excluding ortho intramolecular Hbond substituents is 1. The molecule has 2 aromatic rings. The Labute approximate surface area is 172 Å². The zero-order chi connectivity index (χ0) is 21.7. The SMILES string of the molecule is C[C@]1(CCc2ccccc2)NC(=O)N(NC(=O)COC(=O)c2ccc(O)cc2)C1=O. The van der Waals surface area contributed by atoms with E-state index < -0.39 is 36.0 Å². The average Bonchev–Trinajstić information content (AvgIpc) is 2.95. The molecular formula is C21H21N3O6. The Morgan fingerprint density at radius 1 is 1.10 bits per heavy atom. The van der Waals surface area contributed by atoms with Crippen molar-refractivity contribution in [1.82, 2.24) is 15.8 Å². The standard InChI is InChI=1S/C21H21N3O6/c1-21(12-11-14-5-3-2-4-6-14)19(28)24(20(29)22-21)23-17(26)13-30-18(27)15-7-9-16(25)10-8-15/h2-10,25H,11-13H2,1H3,(H,22,29)(H,23,26)/t21-/m1/s1. The lowest BCUT2D eigenvalue weighted by molar-refractivity contribution is -0.140. The molecule has 1 aliphatic rings. The number of aryl methyl sites for hydroxylation is 1. The number of carbonyl (C=O) groups excluding carboxylic acids is 4. The number of carbonyl (C=O) groups is 4. The van der Waals surface area contributed by atoms with Crippen LogP contribution in [-0.4, -0.2) is 46.1 Å². The molecule has 0 radical (unpaired) electrons. The number of phenols is 1. The number of hydrogen-bond donors (Lipinski definition) is 3. The molecule has 1 aliphatic heterocycles. The van der Waals surface area contributed by atoms with Crippen LogP contribution in [0.2, 0.25) is 0 Å². The molecule has 0 saturated carbocycles. The number of nitrogens with one attached hydrogen (secondary N) is 2. The fourth-order valence-corrected chi connectivity index (χ4v) is 2.96. The summed E-state index contributed by atoms with van der Waals surface area (Å²) in [5.41, 5.74) is 2.16. The van der Waals surface area contributed by atoms with Crippen molar-refractivity contribution in [2.75, 3.05) is 6.61 Å². The number of aromatic hydroxyl groups is 1. The van der Waals surface area contributed by atoms with Gasteiger partial charge in [-0.15, -0.1) is 0 Å². The molecule has 1 heterocycles. The highest BCUT2D eigenvalue weighted by atomic mass is 16.5. The first-order valence-corrected chi connectivity index (χ1v) is 9.25. The van der Waals surface area contributed by atoms with Crippen molar-refractivity contribution in [3.63, 3.8) is 0 Å². The Balaban J connectivity index is 1.53. The molecule has 9 heteroatoms. The van der Waals surface area contributed by atoms with Gasteiger partial charge in [0.25, 0.3) is 11.8 Å². The summed E-state index contributed by atoms with van der Waals surface area (Å²) < 4.78 is 4.87. The van der Waals surface area contributed by atoms with Crippen LogP contribution in [0.5, 0.6) is 5.75 Å². The highest BCUT2D eigenvalue weighted by molar-refractivity contribution is 6.07. The second-order valence-corrected chi connectivity index (χ2v) is 7.05. The number of ether oxygens (including phenoxy) is 1. The van der Waals surface area contributed by atoms with Gasteiger partial charge in [0.1, 0.15) is 11.3 Å². The predicted molar refractivity (Wildman–Crippen MR) is 105 cm³/mol. The summed E-state index contributed by atoms with van der Waals surface area (Å²) in [6, 6.07) is 14.0. The summed E-state index contributed by atoms with van der Waals surface area (Å²) >= 11 is 0. The Kier molecular flexibility index (Phi) is 6.01. The minimum Gasteiger partial charge on any atom is -0.508 e. The molecule has 1 atom stereocenters. The van der Waals surface area contributed by atoms with Crippen molar-refractivity contribution in [1.29, 1.82) is 0 Å². The van der Waals surface area contributed by atoms with Crippen molar-refractivity contribution < 1.29 is 29.0 Å². The third kappa shape index (κ3) is 4.75. The van der Waals surface area contributed by atoms with Gasteiger partial charge in [-0.2, -0.15) is 5.01 Å². The lowest BCUT2D eigenvalue weighted by Crippen LogP contribution is -2.50. The first-order valence-electron chi connectivity index (χ1n) is 9.25. The minimum atomic E-state index is -1.16. The molecule has 156 valence electrons. The Bertz CT molecular complexity index is 960. The lowest BCUT2D eigenvalue weighted by atomic mass is 9.93. The van der Waals surface area contributed by atoms with E-state index >= 15 is 0 Å². The molecule has 0 spiro atoms. The molecule has 9 nitrogen and oxygen atoms in total. The monoisotopic (exact) mass is 411 g/mol. The maximum absolute atomic E-state index is 12.7. The number of esters is 1. The van der Waals surface area contributed by atoms with Gasteiger partial charge in [0.05, 0.1) is 5.56 Å². The normalized spacial score (nSPS) is 18.1. The van der Waals surface area contributed by atoms with Crippen molar-refractivity contribution in [3.8, 4) is 5.75 Å². The third-order valence-corrected chi connectivity index (χ3v) is 4.69. The van der Waals surface area contributed by atoms with E-state index in [0.717, 1.165) is 5.56 Å². The molecule has 0 bridgehead atoms. The number of benzene rings is 2. The largest absolute Gasteiger partial charge is 0.508 e. The van der Waals surface area contributed by atoms with Crippen molar-refractivity contribution in [2.45, 2.75) is 25.3 Å².